The van der Waals surface area contributed by atoms with Crippen molar-refractivity contribution in [3.05, 3.63) is 27.3 Å². The minimum absolute atomic E-state index is 0.0110. The molecule has 0 aliphatic carbocycles. The van der Waals surface area contributed by atoms with Gasteiger partial charge in [-0.1, -0.05) is 0 Å². The molecule has 0 aliphatic rings. The molecular weight excluding hydrogens is 206 g/mol. The number of nitro groups is 1. The van der Waals surface area contributed by atoms with Crippen LogP contribution in [0.4, 0.5) is 5.69 Å². The molecule has 0 saturated carbocycles. The van der Waals surface area contributed by atoms with Crippen LogP contribution in [0.2, 0.25) is 0 Å². The molecule has 3 N–H and O–H groups in total. The second kappa shape index (κ2) is 3.45. The lowest BCUT2D eigenvalue weighted by Crippen LogP contribution is -2.01. The van der Waals surface area contributed by atoms with E-state index in [2.05, 4.69) is 0 Å². The Morgan fingerprint density at radius 1 is 1.40 bits per heavy atom. The molecule has 0 aliphatic heterocycles. The molecule has 0 unspecified atom stereocenters. The van der Waals surface area contributed by atoms with Gasteiger partial charge in [-0.2, -0.15) is 0 Å². The van der Waals surface area contributed by atoms with Gasteiger partial charge in [0.15, 0.2) is 5.56 Å². The highest BCUT2D eigenvalue weighted by atomic mass is 16.6. The topological polar surface area (TPSA) is 121 Å². The van der Waals surface area contributed by atoms with Crippen molar-refractivity contribution in [1.29, 1.82) is 0 Å². The molecule has 0 radical (unpaired) electrons. The van der Waals surface area contributed by atoms with Crippen molar-refractivity contribution in [1.82, 2.24) is 0 Å². The summed E-state index contributed by atoms with van der Waals surface area (Å²) < 4.78 is 0. The minimum atomic E-state index is -1.63. The van der Waals surface area contributed by atoms with Crippen molar-refractivity contribution in [3.8, 4) is 11.5 Å². The van der Waals surface area contributed by atoms with Crippen LogP contribution >= 0.6 is 0 Å². The number of hydrogen-bond donors (Lipinski definition) is 3. The summed E-state index contributed by atoms with van der Waals surface area (Å²) in [5.74, 6) is -3.35. The molecule has 80 valence electrons. The summed E-state index contributed by atoms with van der Waals surface area (Å²) in [5.41, 5.74) is -1.60. The predicted octanol–water partition coefficient (Wildman–Crippen LogP) is 1.01. The van der Waals surface area contributed by atoms with Crippen molar-refractivity contribution in [2.45, 2.75) is 6.92 Å². The number of carbonyl (C=O) groups is 1. The number of nitro benzene ring substituents is 1. The molecule has 0 spiro atoms. The Bertz CT molecular complexity index is 453. The smallest absolute Gasteiger partial charge is 0.343 e. The highest BCUT2D eigenvalue weighted by Crippen LogP contribution is 2.38. The summed E-state index contributed by atoms with van der Waals surface area (Å²) in [6, 6.07) is 0.900. The van der Waals surface area contributed by atoms with E-state index >= 15 is 0 Å². The Kier molecular flexibility index (Phi) is 2.47. The first kappa shape index (κ1) is 10.8. The van der Waals surface area contributed by atoms with E-state index in [-0.39, 0.29) is 5.56 Å². The van der Waals surface area contributed by atoms with Crippen LogP contribution in [-0.4, -0.2) is 26.2 Å². The maximum Gasteiger partial charge on any atom is 0.343 e. The zero-order valence-electron chi connectivity index (χ0n) is 7.59. The monoisotopic (exact) mass is 213 g/mol. The average molecular weight is 213 g/mol. The quantitative estimate of drug-likeness (QED) is 0.498. The number of carboxylic acids is 1. The lowest BCUT2D eigenvalue weighted by Gasteiger charge is -2.05. The Morgan fingerprint density at radius 2 is 1.93 bits per heavy atom. The number of rotatable bonds is 2. The molecule has 0 amide bonds. The molecule has 1 rings (SSSR count). The van der Waals surface area contributed by atoms with Gasteiger partial charge in [-0.15, -0.1) is 0 Å². The van der Waals surface area contributed by atoms with Crippen LogP contribution in [0.25, 0.3) is 0 Å². The van der Waals surface area contributed by atoms with Crippen LogP contribution in [0.1, 0.15) is 15.9 Å². The van der Waals surface area contributed by atoms with Crippen molar-refractivity contribution in [3.63, 3.8) is 0 Å². The highest BCUT2D eigenvalue weighted by molar-refractivity contribution is 5.96. The maximum absolute atomic E-state index is 10.6. The van der Waals surface area contributed by atoms with Crippen LogP contribution < -0.4 is 0 Å². The van der Waals surface area contributed by atoms with Crippen molar-refractivity contribution >= 4 is 11.7 Å². The van der Waals surface area contributed by atoms with Gasteiger partial charge in [0.25, 0.3) is 0 Å². The third-order valence-corrected chi connectivity index (χ3v) is 1.85. The number of aromatic carboxylic acids is 1. The van der Waals surface area contributed by atoms with E-state index < -0.39 is 33.6 Å². The van der Waals surface area contributed by atoms with Gasteiger partial charge in [0.2, 0.25) is 5.75 Å². The van der Waals surface area contributed by atoms with Crippen LogP contribution in [0, 0.1) is 17.0 Å². The molecule has 0 heterocycles. The first-order valence-electron chi connectivity index (χ1n) is 3.79. The van der Waals surface area contributed by atoms with Crippen molar-refractivity contribution in [2.75, 3.05) is 0 Å². The zero-order chi connectivity index (χ0) is 11.7. The number of carboxylic acid groups (broad SMARTS) is 1. The Hall–Kier alpha value is -2.31. The molecule has 7 heteroatoms. The minimum Gasteiger partial charge on any atom is -0.507 e. The summed E-state index contributed by atoms with van der Waals surface area (Å²) in [7, 11) is 0. The molecule has 0 saturated heterocycles. The SMILES string of the molecule is Cc1cc([N+](=O)[O-])c(O)c(C(=O)O)c1O. The van der Waals surface area contributed by atoms with Crippen LogP contribution in [0.5, 0.6) is 11.5 Å². The fourth-order valence-electron chi connectivity index (χ4n) is 1.12. The molecule has 1 aromatic rings. The summed E-state index contributed by atoms with van der Waals surface area (Å²) in [4.78, 5) is 20.1. The van der Waals surface area contributed by atoms with Gasteiger partial charge in [0, 0.05) is 6.07 Å². The van der Waals surface area contributed by atoms with E-state index in [0.717, 1.165) is 6.07 Å². The summed E-state index contributed by atoms with van der Waals surface area (Å²) >= 11 is 0. The standard InChI is InChI=1S/C8H7NO6/c1-3-2-4(9(14)15)7(11)5(6(3)10)8(12)13/h2,10-11H,1H3,(H,12,13). The van der Waals surface area contributed by atoms with E-state index in [1.165, 1.54) is 6.92 Å². The number of aromatic hydroxyl groups is 2. The van der Waals surface area contributed by atoms with E-state index in [9.17, 15) is 25.1 Å². The third kappa shape index (κ3) is 1.66. The van der Waals surface area contributed by atoms with Crippen LogP contribution in [0.3, 0.4) is 0 Å². The van der Waals surface area contributed by atoms with Crippen molar-refractivity contribution in [2.24, 2.45) is 0 Å². The van der Waals surface area contributed by atoms with Crippen molar-refractivity contribution < 1.29 is 25.0 Å². The van der Waals surface area contributed by atoms with Gasteiger partial charge in [-0.25, -0.2) is 4.79 Å². The van der Waals surface area contributed by atoms with E-state index in [1.54, 1.807) is 0 Å². The van der Waals surface area contributed by atoms with Gasteiger partial charge < -0.3 is 15.3 Å². The lowest BCUT2D eigenvalue weighted by atomic mass is 10.1. The van der Waals surface area contributed by atoms with Gasteiger partial charge in [0.05, 0.1) is 4.92 Å². The molecular formula is C8H7NO6. The molecule has 1 aromatic carbocycles. The van der Waals surface area contributed by atoms with Crippen LogP contribution in [-0.2, 0) is 0 Å². The van der Waals surface area contributed by atoms with E-state index in [0.29, 0.717) is 0 Å². The summed E-state index contributed by atoms with van der Waals surface area (Å²) in [6.45, 7) is 1.30. The molecule has 15 heavy (non-hydrogen) atoms. The Morgan fingerprint density at radius 3 is 2.33 bits per heavy atom. The van der Waals surface area contributed by atoms with Crippen LogP contribution in [0.15, 0.2) is 6.07 Å². The molecule has 0 fully saturated rings. The summed E-state index contributed by atoms with van der Waals surface area (Å²) in [5, 5.41) is 37.6. The van der Waals surface area contributed by atoms with Gasteiger partial charge >= 0.3 is 11.7 Å². The number of phenols is 2. The number of hydrogen-bond acceptors (Lipinski definition) is 5. The van der Waals surface area contributed by atoms with E-state index in [1.807, 2.05) is 0 Å². The maximum atomic E-state index is 10.6. The number of nitrogens with zero attached hydrogens (tertiary/aromatic N) is 1. The average Bonchev–Trinajstić information content (AvgIpc) is 2.10. The predicted molar refractivity (Wildman–Crippen MR) is 48.1 cm³/mol. The summed E-state index contributed by atoms with van der Waals surface area (Å²) in [6.07, 6.45) is 0. The number of benzene rings is 1. The van der Waals surface area contributed by atoms with Gasteiger partial charge in [-0.3, -0.25) is 10.1 Å². The fourth-order valence-corrected chi connectivity index (χ4v) is 1.12. The highest BCUT2D eigenvalue weighted by Gasteiger charge is 2.26. The van der Waals surface area contributed by atoms with Gasteiger partial charge in [0.1, 0.15) is 5.75 Å². The van der Waals surface area contributed by atoms with Gasteiger partial charge in [-0.05, 0) is 12.5 Å². The van der Waals surface area contributed by atoms with E-state index in [4.69, 9.17) is 5.11 Å². The zero-order valence-corrected chi connectivity index (χ0v) is 7.59. The lowest BCUT2D eigenvalue weighted by molar-refractivity contribution is -0.386. The Labute approximate surface area is 83.4 Å². The third-order valence-electron chi connectivity index (χ3n) is 1.85. The fraction of sp³-hybridized carbons (Fsp3) is 0.125. The normalized spacial score (nSPS) is 9.93. The second-order valence-corrected chi connectivity index (χ2v) is 2.85. The second-order valence-electron chi connectivity index (χ2n) is 2.85. The molecule has 0 bridgehead atoms. The number of aryl methyl sites for hydroxylation is 1. The molecule has 0 atom stereocenters. The molecule has 0 aromatic heterocycles. The first-order valence-corrected chi connectivity index (χ1v) is 3.79. The molecule has 7 nitrogen and oxygen atoms in total. The largest absolute Gasteiger partial charge is 0.507 e. The first-order chi connectivity index (χ1) is 6.86. The Balaban J connectivity index is 3.63.